The fourth-order valence-corrected chi connectivity index (χ4v) is 3.56. The molecule has 106 valence electrons. The van der Waals surface area contributed by atoms with Crippen LogP contribution in [0.15, 0.2) is 0 Å². The second-order valence-corrected chi connectivity index (χ2v) is 6.67. The number of rotatable bonds is 6. The van der Waals surface area contributed by atoms with E-state index in [0.717, 1.165) is 12.2 Å². The quantitative estimate of drug-likeness (QED) is 0.808. The Bertz CT molecular complexity index is 260. The number of carbonyl (C=O) groups is 1. The van der Waals surface area contributed by atoms with Gasteiger partial charge in [0.05, 0.1) is 5.75 Å². The van der Waals surface area contributed by atoms with Crippen LogP contribution < -0.4 is 0 Å². The van der Waals surface area contributed by atoms with Crippen LogP contribution in [0.4, 0.5) is 0 Å². The topological polar surface area (TPSA) is 40.5 Å². The number of carbonyl (C=O) groups excluding carboxylic acids is 1. The van der Waals surface area contributed by atoms with Crippen LogP contribution in [-0.4, -0.2) is 47.1 Å². The summed E-state index contributed by atoms with van der Waals surface area (Å²) in [5.74, 6) is 2.56. The number of nitrogens with zero attached hydrogens (tertiary/aromatic N) is 1. The molecule has 0 aromatic carbocycles. The molecule has 1 fully saturated rings. The Labute approximate surface area is 115 Å². The second kappa shape index (κ2) is 8.05. The molecular formula is C14H27NO2S. The fraction of sp³-hybridized carbons (Fsp3) is 0.929. The molecule has 0 saturated heterocycles. The lowest BCUT2D eigenvalue weighted by atomic mass is 9.85. The molecule has 3 atom stereocenters. The van der Waals surface area contributed by atoms with Crippen LogP contribution in [0.5, 0.6) is 0 Å². The van der Waals surface area contributed by atoms with E-state index in [1.807, 2.05) is 18.9 Å². The first-order chi connectivity index (χ1) is 8.56. The molecule has 0 unspecified atom stereocenters. The van der Waals surface area contributed by atoms with Gasteiger partial charge in [-0.05, 0) is 30.4 Å². The van der Waals surface area contributed by atoms with Gasteiger partial charge in [-0.25, -0.2) is 0 Å². The summed E-state index contributed by atoms with van der Waals surface area (Å²) in [7, 11) is 1.95. The van der Waals surface area contributed by atoms with E-state index in [1.165, 1.54) is 19.3 Å². The van der Waals surface area contributed by atoms with Gasteiger partial charge in [0, 0.05) is 19.7 Å². The molecule has 1 N–H and O–H groups in total. The zero-order valence-electron chi connectivity index (χ0n) is 11.9. The summed E-state index contributed by atoms with van der Waals surface area (Å²) in [5, 5.41) is 8.94. The molecule has 0 heterocycles. The van der Waals surface area contributed by atoms with Gasteiger partial charge in [-0.3, -0.25) is 4.79 Å². The SMILES string of the molecule is C[C@H](CO)CSCC(=O)N(C)[C@@H]1CCCC[C@@H]1C. The molecule has 1 aliphatic rings. The number of thioether (sulfide) groups is 1. The Kier molecular flexibility index (Phi) is 7.08. The molecular weight excluding hydrogens is 246 g/mol. The van der Waals surface area contributed by atoms with Gasteiger partial charge in [-0.15, -0.1) is 0 Å². The Morgan fingerprint density at radius 3 is 2.72 bits per heavy atom. The van der Waals surface area contributed by atoms with Crippen molar-refractivity contribution in [2.45, 2.75) is 45.6 Å². The minimum atomic E-state index is 0.205. The number of aliphatic hydroxyl groups is 1. The van der Waals surface area contributed by atoms with Gasteiger partial charge >= 0.3 is 0 Å². The van der Waals surface area contributed by atoms with E-state index in [1.54, 1.807) is 11.8 Å². The third-order valence-corrected chi connectivity index (χ3v) is 5.15. The summed E-state index contributed by atoms with van der Waals surface area (Å²) in [5.41, 5.74) is 0. The van der Waals surface area contributed by atoms with E-state index in [4.69, 9.17) is 5.11 Å². The van der Waals surface area contributed by atoms with E-state index in [0.29, 0.717) is 17.7 Å². The molecule has 0 aliphatic heterocycles. The first-order valence-electron chi connectivity index (χ1n) is 7.00. The smallest absolute Gasteiger partial charge is 0.232 e. The van der Waals surface area contributed by atoms with Gasteiger partial charge < -0.3 is 10.0 Å². The second-order valence-electron chi connectivity index (χ2n) is 5.64. The average Bonchev–Trinajstić information content (AvgIpc) is 2.38. The highest BCUT2D eigenvalue weighted by molar-refractivity contribution is 7.99. The van der Waals surface area contributed by atoms with Gasteiger partial charge in [0.2, 0.25) is 5.91 Å². The normalized spacial score (nSPS) is 25.8. The predicted molar refractivity (Wildman–Crippen MR) is 77.8 cm³/mol. The van der Waals surface area contributed by atoms with Crippen molar-refractivity contribution in [1.82, 2.24) is 4.90 Å². The molecule has 0 aromatic heterocycles. The third-order valence-electron chi connectivity index (χ3n) is 3.90. The minimum absolute atomic E-state index is 0.205. The summed E-state index contributed by atoms with van der Waals surface area (Å²) < 4.78 is 0. The van der Waals surface area contributed by atoms with Crippen molar-refractivity contribution in [2.75, 3.05) is 25.2 Å². The highest BCUT2D eigenvalue weighted by atomic mass is 32.2. The van der Waals surface area contributed by atoms with Crippen LogP contribution in [0, 0.1) is 11.8 Å². The van der Waals surface area contributed by atoms with Crippen LogP contribution in [-0.2, 0) is 4.79 Å². The number of aliphatic hydroxyl groups excluding tert-OH is 1. The summed E-state index contributed by atoms with van der Waals surface area (Å²) in [4.78, 5) is 14.1. The van der Waals surface area contributed by atoms with Gasteiger partial charge in [-0.1, -0.05) is 26.7 Å². The van der Waals surface area contributed by atoms with E-state index >= 15 is 0 Å². The molecule has 4 heteroatoms. The first-order valence-corrected chi connectivity index (χ1v) is 8.16. The van der Waals surface area contributed by atoms with Crippen molar-refractivity contribution in [3.63, 3.8) is 0 Å². The lowest BCUT2D eigenvalue weighted by Gasteiger charge is -2.36. The van der Waals surface area contributed by atoms with Gasteiger partial charge in [0.15, 0.2) is 0 Å². The molecule has 18 heavy (non-hydrogen) atoms. The Balaban J connectivity index is 2.31. The molecule has 0 aromatic rings. The van der Waals surface area contributed by atoms with Crippen molar-refractivity contribution in [2.24, 2.45) is 11.8 Å². The Hall–Kier alpha value is -0.220. The van der Waals surface area contributed by atoms with Crippen LogP contribution in [0.2, 0.25) is 0 Å². The summed E-state index contributed by atoms with van der Waals surface area (Å²) in [6, 6.07) is 0.433. The predicted octanol–water partition coefficient (Wildman–Crippen LogP) is 2.39. The fourth-order valence-electron chi connectivity index (χ4n) is 2.56. The van der Waals surface area contributed by atoms with Crippen LogP contribution in [0.1, 0.15) is 39.5 Å². The van der Waals surface area contributed by atoms with Crippen LogP contribution in [0.25, 0.3) is 0 Å². The summed E-state index contributed by atoms with van der Waals surface area (Å²) in [6.07, 6.45) is 4.96. The minimum Gasteiger partial charge on any atom is -0.396 e. The van der Waals surface area contributed by atoms with Crippen molar-refractivity contribution < 1.29 is 9.90 Å². The highest BCUT2D eigenvalue weighted by Gasteiger charge is 2.27. The summed E-state index contributed by atoms with van der Waals surface area (Å²) in [6.45, 7) is 4.47. The first kappa shape index (κ1) is 15.8. The van der Waals surface area contributed by atoms with Crippen molar-refractivity contribution in [1.29, 1.82) is 0 Å². The van der Waals surface area contributed by atoms with Crippen molar-refractivity contribution >= 4 is 17.7 Å². The number of hydrogen-bond acceptors (Lipinski definition) is 3. The Morgan fingerprint density at radius 1 is 1.44 bits per heavy atom. The average molecular weight is 273 g/mol. The number of amides is 1. The van der Waals surface area contributed by atoms with Crippen LogP contribution >= 0.6 is 11.8 Å². The maximum atomic E-state index is 12.1. The van der Waals surface area contributed by atoms with E-state index < -0.39 is 0 Å². The third kappa shape index (κ3) is 4.81. The molecule has 1 saturated carbocycles. The van der Waals surface area contributed by atoms with E-state index in [9.17, 15) is 4.79 Å². The molecule has 0 bridgehead atoms. The standard InChI is InChI=1S/C14H27NO2S/c1-11(8-16)9-18-10-14(17)15(3)13-7-5-4-6-12(13)2/h11-13,16H,4-10H2,1-3H3/t11-,12+,13-/m1/s1. The van der Waals surface area contributed by atoms with Gasteiger partial charge in [-0.2, -0.15) is 11.8 Å². The Morgan fingerprint density at radius 2 is 2.11 bits per heavy atom. The number of hydrogen-bond donors (Lipinski definition) is 1. The monoisotopic (exact) mass is 273 g/mol. The maximum absolute atomic E-state index is 12.1. The largest absolute Gasteiger partial charge is 0.396 e. The molecule has 0 spiro atoms. The lowest BCUT2D eigenvalue weighted by Crippen LogP contribution is -2.43. The molecule has 1 rings (SSSR count). The maximum Gasteiger partial charge on any atom is 0.232 e. The highest BCUT2D eigenvalue weighted by Crippen LogP contribution is 2.27. The van der Waals surface area contributed by atoms with Crippen molar-refractivity contribution in [3.05, 3.63) is 0 Å². The van der Waals surface area contributed by atoms with Gasteiger partial charge in [0.25, 0.3) is 0 Å². The molecule has 1 aliphatic carbocycles. The van der Waals surface area contributed by atoms with Crippen molar-refractivity contribution in [3.8, 4) is 0 Å². The molecule has 3 nitrogen and oxygen atoms in total. The summed E-state index contributed by atoms with van der Waals surface area (Å²) >= 11 is 1.64. The zero-order valence-corrected chi connectivity index (χ0v) is 12.7. The van der Waals surface area contributed by atoms with E-state index in [2.05, 4.69) is 6.92 Å². The molecule has 1 amide bonds. The van der Waals surface area contributed by atoms with Gasteiger partial charge in [0.1, 0.15) is 0 Å². The molecule has 0 radical (unpaired) electrons. The lowest BCUT2D eigenvalue weighted by molar-refractivity contribution is -0.130. The van der Waals surface area contributed by atoms with E-state index in [-0.39, 0.29) is 18.4 Å². The zero-order chi connectivity index (χ0) is 13.5. The van der Waals surface area contributed by atoms with Crippen LogP contribution in [0.3, 0.4) is 0 Å².